The molecule has 1 atom stereocenters. The van der Waals surface area contributed by atoms with Gasteiger partial charge in [-0.25, -0.2) is 0 Å². The Labute approximate surface area is 124 Å². The van der Waals surface area contributed by atoms with E-state index in [0.29, 0.717) is 25.4 Å². The van der Waals surface area contributed by atoms with E-state index in [4.69, 9.17) is 5.73 Å². The Morgan fingerprint density at radius 2 is 1.95 bits per heavy atom. The van der Waals surface area contributed by atoms with E-state index in [1.165, 1.54) is 0 Å². The number of carbonyl (C=O) groups is 1. The number of nitrogens with two attached hydrogens (primary N) is 1. The van der Waals surface area contributed by atoms with E-state index in [1.807, 2.05) is 24.3 Å². The predicted octanol–water partition coefficient (Wildman–Crippen LogP) is 3.08. The highest BCUT2D eigenvalue weighted by molar-refractivity contribution is 9.10. The maximum atomic E-state index is 11.9. The van der Waals surface area contributed by atoms with Crippen LogP contribution in [0.3, 0.4) is 0 Å². The van der Waals surface area contributed by atoms with E-state index < -0.39 is 0 Å². The first-order chi connectivity index (χ1) is 9.01. The molecule has 0 radical (unpaired) electrons. The van der Waals surface area contributed by atoms with Crippen molar-refractivity contribution < 1.29 is 4.79 Å². The molecule has 0 aliphatic heterocycles. The van der Waals surface area contributed by atoms with Crippen LogP contribution in [0.1, 0.15) is 32.3 Å². The quantitative estimate of drug-likeness (QED) is 0.809. The first kappa shape index (κ1) is 16.2. The summed E-state index contributed by atoms with van der Waals surface area (Å²) < 4.78 is 1.04. The van der Waals surface area contributed by atoms with Crippen molar-refractivity contribution in [1.82, 2.24) is 5.32 Å². The molecule has 0 saturated heterocycles. The molecule has 1 aromatic rings. The molecule has 0 aliphatic rings. The molecule has 0 fully saturated rings. The zero-order chi connectivity index (χ0) is 14.3. The summed E-state index contributed by atoms with van der Waals surface area (Å²) >= 11 is 3.39. The molecule has 0 spiro atoms. The van der Waals surface area contributed by atoms with Crippen molar-refractivity contribution in [1.29, 1.82) is 0 Å². The minimum absolute atomic E-state index is 0.0824. The largest absolute Gasteiger partial charge is 0.352 e. The van der Waals surface area contributed by atoms with Crippen LogP contribution in [0, 0.1) is 11.8 Å². The average Bonchev–Trinajstić information content (AvgIpc) is 2.36. The normalized spacial score (nSPS) is 12.5. The topological polar surface area (TPSA) is 55.1 Å². The van der Waals surface area contributed by atoms with Gasteiger partial charge in [0.05, 0.1) is 0 Å². The maximum absolute atomic E-state index is 11.9. The molecule has 1 amide bonds. The van der Waals surface area contributed by atoms with Crippen LogP contribution < -0.4 is 11.1 Å². The fourth-order valence-electron chi connectivity index (χ4n) is 2.07. The molecule has 0 heterocycles. The smallest absolute Gasteiger partial charge is 0.220 e. The van der Waals surface area contributed by atoms with E-state index >= 15 is 0 Å². The molecule has 0 aromatic heterocycles. The van der Waals surface area contributed by atoms with Crippen molar-refractivity contribution in [2.45, 2.75) is 33.2 Å². The van der Waals surface area contributed by atoms with Crippen LogP contribution in [-0.2, 0) is 11.3 Å². The van der Waals surface area contributed by atoms with E-state index in [-0.39, 0.29) is 11.8 Å². The number of nitrogens with one attached hydrogen (secondary N) is 1. The summed E-state index contributed by atoms with van der Waals surface area (Å²) in [6.07, 6.45) is 1.52. The highest BCUT2D eigenvalue weighted by atomic mass is 79.9. The monoisotopic (exact) mass is 326 g/mol. The molecule has 1 rings (SSSR count). The number of amides is 1. The van der Waals surface area contributed by atoms with E-state index in [9.17, 15) is 4.79 Å². The van der Waals surface area contributed by atoms with Gasteiger partial charge < -0.3 is 11.1 Å². The van der Waals surface area contributed by atoms with Crippen LogP contribution in [0.4, 0.5) is 0 Å². The fourth-order valence-corrected chi connectivity index (χ4v) is 2.33. The summed E-state index contributed by atoms with van der Waals surface area (Å²) in [5.74, 6) is 0.941. The molecular weight excluding hydrogens is 304 g/mol. The van der Waals surface area contributed by atoms with Crippen LogP contribution in [0.2, 0.25) is 0 Å². The lowest BCUT2D eigenvalue weighted by Gasteiger charge is -2.16. The van der Waals surface area contributed by atoms with Gasteiger partial charge in [-0.15, -0.1) is 0 Å². The van der Waals surface area contributed by atoms with Crippen molar-refractivity contribution >= 4 is 21.8 Å². The molecule has 0 saturated carbocycles. The minimum Gasteiger partial charge on any atom is -0.352 e. The Bertz CT molecular complexity index is 390. The molecule has 0 unspecified atom stereocenters. The summed E-state index contributed by atoms with van der Waals surface area (Å²) in [4.78, 5) is 11.9. The molecule has 106 valence electrons. The van der Waals surface area contributed by atoms with Crippen molar-refractivity contribution in [2.24, 2.45) is 17.6 Å². The second-order valence-corrected chi connectivity index (χ2v) is 6.25. The summed E-state index contributed by atoms with van der Waals surface area (Å²) in [6.45, 7) is 5.46. The highest BCUT2D eigenvalue weighted by Crippen LogP contribution is 2.14. The molecule has 3 N–H and O–H groups in total. The van der Waals surface area contributed by atoms with E-state index in [2.05, 4.69) is 35.1 Å². The molecule has 19 heavy (non-hydrogen) atoms. The van der Waals surface area contributed by atoms with Gasteiger partial charge in [0.2, 0.25) is 5.91 Å². The van der Waals surface area contributed by atoms with Crippen LogP contribution in [-0.4, -0.2) is 12.5 Å². The van der Waals surface area contributed by atoms with Crippen molar-refractivity contribution in [3.05, 3.63) is 34.3 Å². The first-order valence-electron chi connectivity index (χ1n) is 6.72. The summed E-state index contributed by atoms with van der Waals surface area (Å²) in [6, 6.07) is 7.95. The number of carbonyl (C=O) groups excluding carboxylic acids is 1. The lowest BCUT2D eigenvalue weighted by molar-refractivity contribution is -0.122. The van der Waals surface area contributed by atoms with Gasteiger partial charge in [-0.05, 0) is 42.5 Å². The van der Waals surface area contributed by atoms with Gasteiger partial charge in [-0.3, -0.25) is 4.79 Å². The Kier molecular flexibility index (Phi) is 7.10. The van der Waals surface area contributed by atoms with Gasteiger partial charge in [-0.1, -0.05) is 41.9 Å². The Balaban J connectivity index is 2.36. The summed E-state index contributed by atoms with van der Waals surface area (Å²) in [5, 5.41) is 2.95. The number of halogens is 1. The lowest BCUT2D eigenvalue weighted by Crippen LogP contribution is -2.28. The molecular formula is C15H23BrN2O. The highest BCUT2D eigenvalue weighted by Gasteiger charge is 2.13. The number of rotatable bonds is 7. The van der Waals surface area contributed by atoms with Crippen LogP contribution in [0.5, 0.6) is 0 Å². The van der Waals surface area contributed by atoms with Crippen LogP contribution >= 0.6 is 15.9 Å². The van der Waals surface area contributed by atoms with Gasteiger partial charge in [0.25, 0.3) is 0 Å². The minimum atomic E-state index is 0.0824. The molecule has 1 aromatic carbocycles. The summed E-state index contributed by atoms with van der Waals surface area (Å²) in [5.41, 5.74) is 6.81. The van der Waals surface area contributed by atoms with Crippen molar-refractivity contribution in [3.63, 3.8) is 0 Å². The first-order valence-corrected chi connectivity index (χ1v) is 7.51. The van der Waals surface area contributed by atoms with Crippen molar-refractivity contribution in [3.8, 4) is 0 Å². The number of hydrogen-bond donors (Lipinski definition) is 2. The number of benzene rings is 1. The lowest BCUT2D eigenvalue weighted by atomic mass is 9.94. The standard InChI is InChI=1S/C15H23BrN2O/c1-11(2)7-13(9-17)8-15(19)18-10-12-3-5-14(16)6-4-12/h3-6,11,13H,7-10,17H2,1-2H3,(H,18,19)/t13-/m0/s1. The molecule has 3 nitrogen and oxygen atoms in total. The van der Waals surface area contributed by atoms with Gasteiger partial charge >= 0.3 is 0 Å². The zero-order valence-electron chi connectivity index (χ0n) is 11.7. The van der Waals surface area contributed by atoms with Gasteiger partial charge in [0.15, 0.2) is 0 Å². The van der Waals surface area contributed by atoms with Crippen LogP contribution in [0.25, 0.3) is 0 Å². The summed E-state index contributed by atoms with van der Waals surface area (Å²) in [7, 11) is 0. The third-order valence-electron chi connectivity index (χ3n) is 3.02. The molecule has 0 aliphatic carbocycles. The fraction of sp³-hybridized carbons (Fsp3) is 0.533. The molecule has 4 heteroatoms. The third kappa shape index (κ3) is 6.73. The van der Waals surface area contributed by atoms with Crippen LogP contribution in [0.15, 0.2) is 28.7 Å². The second kappa shape index (κ2) is 8.33. The zero-order valence-corrected chi connectivity index (χ0v) is 13.2. The Hall–Kier alpha value is -0.870. The van der Waals surface area contributed by atoms with E-state index in [0.717, 1.165) is 16.5 Å². The predicted molar refractivity (Wildman–Crippen MR) is 82.6 cm³/mol. The molecule has 0 bridgehead atoms. The Morgan fingerprint density at radius 3 is 2.47 bits per heavy atom. The van der Waals surface area contributed by atoms with E-state index in [1.54, 1.807) is 0 Å². The van der Waals surface area contributed by atoms with Gasteiger partial charge in [-0.2, -0.15) is 0 Å². The second-order valence-electron chi connectivity index (χ2n) is 5.34. The third-order valence-corrected chi connectivity index (χ3v) is 3.54. The number of hydrogen-bond acceptors (Lipinski definition) is 2. The maximum Gasteiger partial charge on any atom is 0.220 e. The Morgan fingerprint density at radius 1 is 1.32 bits per heavy atom. The van der Waals surface area contributed by atoms with Crippen molar-refractivity contribution in [2.75, 3.05) is 6.54 Å². The average molecular weight is 327 g/mol. The SMILES string of the molecule is CC(C)C[C@H](CN)CC(=O)NCc1ccc(Br)cc1. The van der Waals surface area contributed by atoms with Gasteiger partial charge in [0, 0.05) is 17.4 Å². The van der Waals surface area contributed by atoms with Gasteiger partial charge in [0.1, 0.15) is 0 Å².